The first kappa shape index (κ1) is 51.7. The lowest BCUT2D eigenvalue weighted by molar-refractivity contribution is -0.184. The highest BCUT2D eigenvalue weighted by molar-refractivity contribution is 7.91. The Bertz CT molecular complexity index is 1560. The monoisotopic (exact) mass is 893 g/mol. The van der Waals surface area contributed by atoms with Crippen LogP contribution in [0.15, 0.2) is 41.3 Å². The second kappa shape index (κ2) is 22.3. The van der Waals surface area contributed by atoms with Gasteiger partial charge < -0.3 is 27.8 Å². The molecule has 0 bridgehead atoms. The van der Waals surface area contributed by atoms with Crippen LogP contribution in [0.3, 0.4) is 0 Å². The zero-order valence-corrected chi connectivity index (χ0v) is 43.2. The van der Waals surface area contributed by atoms with Crippen LogP contribution in [-0.4, -0.2) is 87.4 Å². The molecule has 0 amide bonds. The molecule has 0 saturated carbocycles. The van der Waals surface area contributed by atoms with Gasteiger partial charge in [-0.25, -0.2) is 8.42 Å². The van der Waals surface area contributed by atoms with Gasteiger partial charge in [0.2, 0.25) is 0 Å². The summed E-state index contributed by atoms with van der Waals surface area (Å²) in [6.07, 6.45) is 12.6. The van der Waals surface area contributed by atoms with Crippen molar-refractivity contribution in [2.45, 2.75) is 224 Å². The Hall–Kier alpha value is -0.896. The number of aryl methyl sites for hydroxylation is 1. The lowest BCUT2D eigenvalue weighted by atomic mass is 9.89. The molecule has 8 atom stereocenters. The van der Waals surface area contributed by atoms with Crippen molar-refractivity contribution in [3.05, 3.63) is 42.0 Å². The van der Waals surface area contributed by atoms with E-state index in [1.807, 2.05) is 12.1 Å². The summed E-state index contributed by atoms with van der Waals surface area (Å²) in [5, 5.41) is 0.138. The number of ether oxygens (including phenoxy) is 4. The summed E-state index contributed by atoms with van der Waals surface area (Å²) in [5.74, 6) is 0.947. The average molecular weight is 893 g/mol. The highest BCUT2D eigenvalue weighted by atomic mass is 32.2. The van der Waals surface area contributed by atoms with Gasteiger partial charge >= 0.3 is 0 Å². The van der Waals surface area contributed by atoms with E-state index in [1.165, 1.54) is 5.57 Å². The number of unbranched alkanes of at least 4 members (excludes halogenated alkanes) is 1. The summed E-state index contributed by atoms with van der Waals surface area (Å²) >= 11 is 0. The fraction of sp³-hybridized carbons (Fsp3) is 0.837. The largest absolute Gasteiger partial charge is 0.414 e. The number of rotatable bonds is 23. The SMILES string of the molecule is C=C(CC[C@@H]1O[C@H](CC(CO[Si](C)(C)C(C)(C)C)O[Si](C)(C)C(C)(C)C)C[C@H]1CS(=O)(=O)c1ccc(CC)cc1)C(C)CCCC[C@@H]1O[C@@H](CCC2OCCCO2)CC1C. The Morgan fingerprint density at radius 2 is 1.48 bits per heavy atom. The molecule has 1 aromatic carbocycles. The van der Waals surface area contributed by atoms with Crippen LogP contribution in [0.2, 0.25) is 36.3 Å². The molecule has 1 aromatic rings. The predicted octanol–water partition coefficient (Wildman–Crippen LogP) is 12.5. The molecule has 0 aromatic heterocycles. The van der Waals surface area contributed by atoms with Crippen molar-refractivity contribution in [3.63, 3.8) is 0 Å². The van der Waals surface area contributed by atoms with Gasteiger partial charge in [-0.05, 0) is 124 Å². The molecule has 8 nitrogen and oxygen atoms in total. The second-order valence-electron chi connectivity index (χ2n) is 21.9. The van der Waals surface area contributed by atoms with Gasteiger partial charge in [-0.2, -0.15) is 0 Å². The summed E-state index contributed by atoms with van der Waals surface area (Å²) in [4.78, 5) is 0.401. The molecule has 0 spiro atoms. The third-order valence-electron chi connectivity index (χ3n) is 14.9. The molecule has 4 rings (SSSR count). The molecule has 60 heavy (non-hydrogen) atoms. The molecule has 11 heteroatoms. The topological polar surface area (TPSA) is 89.5 Å². The zero-order valence-electron chi connectivity index (χ0n) is 40.4. The first-order valence-electron chi connectivity index (χ1n) is 23.8. The van der Waals surface area contributed by atoms with Crippen LogP contribution < -0.4 is 0 Å². The highest BCUT2D eigenvalue weighted by Crippen LogP contribution is 2.42. The Balaban J connectivity index is 1.36. The van der Waals surface area contributed by atoms with Crippen LogP contribution in [0.1, 0.15) is 145 Å². The normalized spacial score (nSPS) is 26.1. The lowest BCUT2D eigenvalue weighted by Gasteiger charge is -2.42. The summed E-state index contributed by atoms with van der Waals surface area (Å²) < 4.78 is 66.8. The number of hydrogen-bond donors (Lipinski definition) is 0. The molecule has 3 heterocycles. The van der Waals surface area contributed by atoms with Crippen molar-refractivity contribution >= 4 is 26.5 Å². The van der Waals surface area contributed by atoms with E-state index >= 15 is 0 Å². The Kier molecular flexibility index (Phi) is 19.3. The van der Waals surface area contributed by atoms with E-state index in [4.69, 9.17) is 27.8 Å². The summed E-state index contributed by atoms with van der Waals surface area (Å²) in [6, 6.07) is 7.44. The van der Waals surface area contributed by atoms with Gasteiger partial charge in [-0.3, -0.25) is 0 Å². The number of hydrogen-bond acceptors (Lipinski definition) is 8. The highest BCUT2D eigenvalue weighted by Gasteiger charge is 2.44. The molecule has 0 radical (unpaired) electrons. The van der Waals surface area contributed by atoms with Crippen LogP contribution in [-0.2, 0) is 44.1 Å². The molecular weight excluding hydrogens is 805 g/mol. The third kappa shape index (κ3) is 15.4. The third-order valence-corrected chi connectivity index (χ3v) is 25.8. The Morgan fingerprint density at radius 3 is 2.10 bits per heavy atom. The van der Waals surface area contributed by atoms with E-state index in [1.54, 1.807) is 12.1 Å². The van der Waals surface area contributed by atoms with Crippen molar-refractivity contribution in [1.82, 2.24) is 0 Å². The van der Waals surface area contributed by atoms with Crippen molar-refractivity contribution < 1.29 is 36.2 Å². The minimum Gasteiger partial charge on any atom is -0.414 e. The van der Waals surface area contributed by atoms with E-state index < -0.39 is 26.5 Å². The van der Waals surface area contributed by atoms with E-state index in [0.29, 0.717) is 48.4 Å². The molecule has 3 aliphatic heterocycles. The molecule has 3 aliphatic rings. The van der Waals surface area contributed by atoms with Crippen LogP contribution in [0.4, 0.5) is 0 Å². The van der Waals surface area contributed by atoms with E-state index in [-0.39, 0.29) is 46.3 Å². The quantitative estimate of drug-likeness (QED) is 0.0610. The fourth-order valence-electron chi connectivity index (χ4n) is 8.54. The van der Waals surface area contributed by atoms with Crippen LogP contribution >= 0.6 is 0 Å². The van der Waals surface area contributed by atoms with E-state index in [9.17, 15) is 8.42 Å². The number of benzene rings is 1. The zero-order chi connectivity index (χ0) is 44.5. The maximum atomic E-state index is 14.0. The van der Waals surface area contributed by atoms with Gasteiger partial charge in [0.25, 0.3) is 0 Å². The van der Waals surface area contributed by atoms with E-state index in [0.717, 1.165) is 89.4 Å². The van der Waals surface area contributed by atoms with Crippen molar-refractivity contribution in [2.75, 3.05) is 25.6 Å². The van der Waals surface area contributed by atoms with Gasteiger partial charge in [-0.1, -0.05) is 99.4 Å². The summed E-state index contributed by atoms with van der Waals surface area (Å²) in [6.45, 7) is 36.3. The second-order valence-corrected chi connectivity index (χ2v) is 33.5. The van der Waals surface area contributed by atoms with Gasteiger partial charge in [0, 0.05) is 18.8 Å². The Labute approximate surface area is 370 Å². The summed E-state index contributed by atoms with van der Waals surface area (Å²) in [5.41, 5.74) is 2.37. The molecule has 0 aliphatic carbocycles. The maximum absolute atomic E-state index is 14.0. The maximum Gasteiger partial charge on any atom is 0.192 e. The standard InChI is InChI=1S/C49H88O8SSi2/c1-15-39-22-25-44(26-23-39)58(50,51)35-40-32-42(33-43(57-60(13,14)49(8,9)10)34-54-59(11,12)48(5,6)7)56-46(40)27-21-37(3)36(2)19-16-17-20-45-38(4)31-41(55-45)24-28-47-52-29-18-30-53-47/h22-23,25-26,36,38,40-43,45-47H,3,15-21,24,27-35H2,1-2,4-14H3/t36?,38?,40-,41-,42-,43?,45-,46-/m0/s1. The summed E-state index contributed by atoms with van der Waals surface area (Å²) in [7, 11) is -7.67. The van der Waals surface area contributed by atoms with Crippen LogP contribution in [0.25, 0.3) is 0 Å². The van der Waals surface area contributed by atoms with Gasteiger partial charge in [0.15, 0.2) is 32.8 Å². The van der Waals surface area contributed by atoms with Crippen LogP contribution in [0.5, 0.6) is 0 Å². The van der Waals surface area contributed by atoms with Gasteiger partial charge in [0.1, 0.15) is 0 Å². The predicted molar refractivity (Wildman–Crippen MR) is 252 cm³/mol. The van der Waals surface area contributed by atoms with Crippen molar-refractivity contribution in [3.8, 4) is 0 Å². The minimum absolute atomic E-state index is 0.0498. The molecule has 3 unspecified atom stereocenters. The molecule has 0 N–H and O–H groups in total. The number of sulfone groups is 1. The first-order chi connectivity index (χ1) is 27.9. The fourth-order valence-corrected chi connectivity index (χ4v) is 12.6. The molecule has 3 saturated heterocycles. The van der Waals surface area contributed by atoms with Crippen molar-refractivity contribution in [1.29, 1.82) is 0 Å². The number of allylic oxidation sites excluding steroid dienone is 1. The lowest BCUT2D eigenvalue weighted by Crippen LogP contribution is -2.48. The smallest absolute Gasteiger partial charge is 0.192 e. The van der Waals surface area contributed by atoms with Gasteiger partial charge in [-0.15, -0.1) is 0 Å². The molecule has 3 fully saturated rings. The Morgan fingerprint density at radius 1 is 0.850 bits per heavy atom. The van der Waals surface area contributed by atoms with Gasteiger partial charge in [0.05, 0.1) is 61.0 Å². The molecular formula is C49H88O8SSi2. The van der Waals surface area contributed by atoms with Crippen molar-refractivity contribution in [2.24, 2.45) is 17.8 Å². The first-order valence-corrected chi connectivity index (χ1v) is 31.2. The minimum atomic E-state index is -3.51. The van der Waals surface area contributed by atoms with E-state index in [2.05, 4.69) is 95.1 Å². The van der Waals surface area contributed by atoms with Crippen LogP contribution in [0, 0.1) is 17.8 Å². The average Bonchev–Trinajstić information content (AvgIpc) is 3.73. The molecule has 346 valence electrons.